The highest BCUT2D eigenvalue weighted by atomic mass is 16.5. The first kappa shape index (κ1) is 22.2. The van der Waals surface area contributed by atoms with Gasteiger partial charge in [0, 0.05) is 36.7 Å². The molecule has 1 fully saturated rings. The second kappa shape index (κ2) is 9.27. The van der Waals surface area contributed by atoms with Gasteiger partial charge in [0.15, 0.2) is 0 Å². The van der Waals surface area contributed by atoms with Gasteiger partial charge in [-0.15, -0.1) is 0 Å². The quantitative estimate of drug-likeness (QED) is 0.691. The third-order valence-corrected chi connectivity index (χ3v) is 6.29. The highest BCUT2D eigenvalue weighted by Crippen LogP contribution is 2.34. The molecule has 7 heteroatoms. The van der Waals surface area contributed by atoms with Crippen molar-refractivity contribution >= 4 is 17.6 Å². The Kier molecular flexibility index (Phi) is 6.44. The lowest BCUT2D eigenvalue weighted by Crippen LogP contribution is -2.40. The van der Waals surface area contributed by atoms with Crippen LogP contribution in [0.15, 0.2) is 24.3 Å². The molecule has 4 rings (SSSR count). The van der Waals surface area contributed by atoms with Gasteiger partial charge in [-0.05, 0) is 43.4 Å². The molecule has 0 spiro atoms. The lowest BCUT2D eigenvalue weighted by Gasteiger charge is -2.33. The smallest absolute Gasteiger partial charge is 0.233 e. The monoisotopic (exact) mass is 436 g/mol. The van der Waals surface area contributed by atoms with Gasteiger partial charge in [-0.1, -0.05) is 26.0 Å². The van der Waals surface area contributed by atoms with Gasteiger partial charge in [-0.25, -0.2) is 9.97 Å². The predicted octanol–water partition coefficient (Wildman–Crippen LogP) is 3.64. The maximum Gasteiger partial charge on any atom is 0.233 e. The van der Waals surface area contributed by atoms with Gasteiger partial charge in [0.1, 0.15) is 17.4 Å². The van der Waals surface area contributed by atoms with E-state index in [1.165, 1.54) is 0 Å². The van der Waals surface area contributed by atoms with Crippen LogP contribution < -0.4 is 9.64 Å². The van der Waals surface area contributed by atoms with Crippen molar-refractivity contribution in [2.45, 2.75) is 58.9 Å². The molecule has 32 heavy (non-hydrogen) atoms. The zero-order chi connectivity index (χ0) is 22.8. The zero-order valence-electron chi connectivity index (χ0n) is 19.4. The summed E-state index contributed by atoms with van der Waals surface area (Å²) in [5.74, 6) is 2.91. The largest absolute Gasteiger partial charge is 0.497 e. The van der Waals surface area contributed by atoms with Crippen LogP contribution in [-0.2, 0) is 22.6 Å². The predicted molar refractivity (Wildman–Crippen MR) is 123 cm³/mol. The Bertz CT molecular complexity index is 1020. The molecule has 1 aromatic heterocycles. The number of anilines is 1. The van der Waals surface area contributed by atoms with Crippen molar-refractivity contribution in [3.8, 4) is 5.75 Å². The van der Waals surface area contributed by atoms with Crippen LogP contribution in [0.5, 0.6) is 5.75 Å². The average Bonchev–Trinajstić information content (AvgIpc) is 3.09. The normalized spacial score (nSPS) is 18.3. The fourth-order valence-electron chi connectivity index (χ4n) is 4.59. The fourth-order valence-corrected chi connectivity index (χ4v) is 4.59. The van der Waals surface area contributed by atoms with Crippen molar-refractivity contribution < 1.29 is 14.3 Å². The summed E-state index contributed by atoms with van der Waals surface area (Å²) in [7, 11) is 1.64. The third kappa shape index (κ3) is 4.61. The topological polar surface area (TPSA) is 75.6 Å². The number of likely N-dealkylation sites (tertiary alicyclic amines) is 1. The number of piperidine rings is 1. The van der Waals surface area contributed by atoms with E-state index in [2.05, 4.69) is 13.8 Å². The van der Waals surface area contributed by atoms with Crippen LogP contribution in [0.1, 0.15) is 61.7 Å². The summed E-state index contributed by atoms with van der Waals surface area (Å²) in [6, 6.07) is 7.75. The molecule has 0 N–H and O–H groups in total. The summed E-state index contributed by atoms with van der Waals surface area (Å²) in [6.45, 7) is 7.99. The third-order valence-electron chi connectivity index (χ3n) is 6.29. The molecule has 1 atom stereocenters. The van der Waals surface area contributed by atoms with Crippen molar-refractivity contribution in [2.75, 3.05) is 25.1 Å². The molecular formula is C25H32N4O3. The molecule has 0 bridgehead atoms. The van der Waals surface area contributed by atoms with E-state index in [-0.39, 0.29) is 17.7 Å². The van der Waals surface area contributed by atoms with Gasteiger partial charge in [-0.2, -0.15) is 0 Å². The molecule has 1 unspecified atom stereocenters. The standard InChI is InChI=1S/C25H32N4O3/c1-16(2)11-22(30)28-10-6-8-19(15-28)24-26-17(3)21-13-23(31)29(25(21)27-24)14-18-7-5-9-20(12-18)32-4/h5,7,9,12,16,19H,6,8,10-11,13-15H2,1-4H3. The lowest BCUT2D eigenvalue weighted by molar-refractivity contribution is -0.133. The Balaban J connectivity index is 1.58. The summed E-state index contributed by atoms with van der Waals surface area (Å²) in [4.78, 5) is 38.8. The summed E-state index contributed by atoms with van der Waals surface area (Å²) < 4.78 is 5.33. The Labute approximate surface area is 189 Å². The van der Waals surface area contributed by atoms with Crippen molar-refractivity contribution in [3.05, 3.63) is 46.9 Å². The second-order valence-electron chi connectivity index (χ2n) is 9.25. The number of carbonyl (C=O) groups excluding carboxylic acids is 2. The molecule has 170 valence electrons. The number of hydrogen-bond donors (Lipinski definition) is 0. The van der Waals surface area contributed by atoms with Crippen LogP contribution in [0.4, 0.5) is 5.82 Å². The maximum atomic E-state index is 12.8. The number of fused-ring (bicyclic) bond motifs is 1. The highest BCUT2D eigenvalue weighted by molar-refractivity contribution is 6.00. The van der Waals surface area contributed by atoms with Gasteiger partial charge < -0.3 is 9.64 Å². The Morgan fingerprint density at radius 1 is 1.28 bits per heavy atom. The summed E-state index contributed by atoms with van der Waals surface area (Å²) in [5, 5.41) is 0. The number of carbonyl (C=O) groups is 2. The molecular weight excluding hydrogens is 404 g/mol. The first-order valence-electron chi connectivity index (χ1n) is 11.4. The summed E-state index contributed by atoms with van der Waals surface area (Å²) >= 11 is 0. The average molecular weight is 437 g/mol. The van der Waals surface area contributed by atoms with E-state index in [1.807, 2.05) is 36.1 Å². The number of amides is 2. The highest BCUT2D eigenvalue weighted by Gasteiger charge is 2.34. The van der Waals surface area contributed by atoms with Crippen molar-refractivity contribution in [1.29, 1.82) is 0 Å². The van der Waals surface area contributed by atoms with E-state index >= 15 is 0 Å². The van der Waals surface area contributed by atoms with Gasteiger partial charge >= 0.3 is 0 Å². The molecule has 1 aromatic carbocycles. The van der Waals surface area contributed by atoms with Crippen molar-refractivity contribution in [3.63, 3.8) is 0 Å². The molecule has 0 aliphatic carbocycles. The molecule has 3 heterocycles. The van der Waals surface area contributed by atoms with E-state index in [0.29, 0.717) is 37.7 Å². The van der Waals surface area contributed by atoms with Gasteiger partial charge in [0.25, 0.3) is 0 Å². The summed E-state index contributed by atoms with van der Waals surface area (Å²) in [6.07, 6.45) is 2.79. The van der Waals surface area contributed by atoms with Crippen LogP contribution in [0.3, 0.4) is 0 Å². The number of ether oxygens (including phenoxy) is 1. The Hall–Kier alpha value is -2.96. The van der Waals surface area contributed by atoms with Crippen molar-refractivity contribution in [1.82, 2.24) is 14.9 Å². The first-order chi connectivity index (χ1) is 15.4. The Morgan fingerprint density at radius 2 is 2.09 bits per heavy atom. The van der Waals surface area contributed by atoms with E-state index in [1.54, 1.807) is 12.0 Å². The number of hydrogen-bond acceptors (Lipinski definition) is 5. The minimum atomic E-state index is 0.0368. The SMILES string of the molecule is COc1cccc(CN2C(=O)Cc3c(C)nc(C4CCCN(C(=O)CC(C)C)C4)nc32)c1. The molecule has 2 aromatic rings. The number of aryl methyl sites for hydroxylation is 1. The molecule has 0 saturated carbocycles. The van der Waals surface area contributed by atoms with Crippen LogP contribution in [0.2, 0.25) is 0 Å². The van der Waals surface area contributed by atoms with Crippen LogP contribution >= 0.6 is 0 Å². The number of aromatic nitrogens is 2. The fraction of sp³-hybridized carbons (Fsp3) is 0.520. The van der Waals surface area contributed by atoms with E-state index in [0.717, 1.165) is 47.8 Å². The first-order valence-corrected chi connectivity index (χ1v) is 11.4. The van der Waals surface area contributed by atoms with Crippen LogP contribution in [-0.4, -0.2) is 46.9 Å². The van der Waals surface area contributed by atoms with Crippen molar-refractivity contribution in [2.24, 2.45) is 5.92 Å². The molecule has 7 nitrogen and oxygen atoms in total. The Morgan fingerprint density at radius 3 is 2.84 bits per heavy atom. The van der Waals surface area contributed by atoms with Crippen LogP contribution in [0, 0.1) is 12.8 Å². The lowest BCUT2D eigenvalue weighted by atomic mass is 9.96. The molecule has 2 amide bonds. The maximum absolute atomic E-state index is 12.8. The molecule has 2 aliphatic heterocycles. The van der Waals surface area contributed by atoms with Gasteiger partial charge in [0.05, 0.1) is 20.1 Å². The van der Waals surface area contributed by atoms with Gasteiger partial charge in [-0.3, -0.25) is 14.5 Å². The van der Waals surface area contributed by atoms with E-state index in [9.17, 15) is 9.59 Å². The molecule has 0 radical (unpaired) electrons. The number of rotatable bonds is 6. The minimum absolute atomic E-state index is 0.0368. The minimum Gasteiger partial charge on any atom is -0.497 e. The van der Waals surface area contributed by atoms with Gasteiger partial charge in [0.2, 0.25) is 11.8 Å². The molecule has 2 aliphatic rings. The zero-order valence-corrected chi connectivity index (χ0v) is 19.4. The van der Waals surface area contributed by atoms with Crippen LogP contribution in [0.25, 0.3) is 0 Å². The summed E-state index contributed by atoms with van der Waals surface area (Å²) in [5.41, 5.74) is 2.76. The number of methoxy groups -OCH3 is 1. The number of benzene rings is 1. The molecule has 1 saturated heterocycles. The van der Waals surface area contributed by atoms with E-state index in [4.69, 9.17) is 14.7 Å². The second-order valence-corrected chi connectivity index (χ2v) is 9.25. The number of nitrogens with zero attached hydrogens (tertiary/aromatic N) is 4. The van der Waals surface area contributed by atoms with E-state index < -0.39 is 0 Å².